The first kappa shape index (κ1) is 21.6. The lowest BCUT2D eigenvalue weighted by Gasteiger charge is -2.34. The van der Waals surface area contributed by atoms with Gasteiger partial charge in [-0.2, -0.15) is 0 Å². The second-order valence-electron chi connectivity index (χ2n) is 9.67. The van der Waals surface area contributed by atoms with Crippen LogP contribution in [-0.4, -0.2) is 78.9 Å². The summed E-state index contributed by atoms with van der Waals surface area (Å²) in [6, 6.07) is 13.4. The molecule has 0 atom stereocenters. The summed E-state index contributed by atoms with van der Waals surface area (Å²) in [6.45, 7) is 11.5. The Morgan fingerprint density at radius 3 is 2.47 bits per heavy atom. The highest BCUT2D eigenvalue weighted by molar-refractivity contribution is 5.74. The van der Waals surface area contributed by atoms with Gasteiger partial charge in [-0.25, -0.2) is 4.98 Å². The number of aromatic nitrogens is 2. The van der Waals surface area contributed by atoms with E-state index in [9.17, 15) is 0 Å². The van der Waals surface area contributed by atoms with E-state index in [-0.39, 0.29) is 0 Å². The fraction of sp³-hybridized carbons (Fsp3) is 0.444. The van der Waals surface area contributed by atoms with Crippen molar-refractivity contribution in [1.82, 2.24) is 19.4 Å². The van der Waals surface area contributed by atoms with Crippen molar-refractivity contribution in [2.24, 2.45) is 0 Å². The molecule has 2 fully saturated rings. The molecule has 0 N–H and O–H groups in total. The Hall–Kier alpha value is -2.87. The summed E-state index contributed by atoms with van der Waals surface area (Å²) in [6.07, 6.45) is 2.18. The molecular formula is C27H33N5O2. The van der Waals surface area contributed by atoms with Crippen molar-refractivity contribution in [2.75, 3.05) is 64.4 Å². The van der Waals surface area contributed by atoms with Crippen LogP contribution in [0.2, 0.25) is 0 Å². The van der Waals surface area contributed by atoms with Crippen molar-refractivity contribution in [3.8, 4) is 22.6 Å². The molecular weight excluding hydrogens is 426 g/mol. The molecule has 7 heteroatoms. The molecule has 0 amide bonds. The van der Waals surface area contributed by atoms with Gasteiger partial charge in [-0.15, -0.1) is 0 Å². The molecule has 1 aromatic heterocycles. The summed E-state index contributed by atoms with van der Waals surface area (Å²) in [5, 5.41) is 0. The Kier molecular flexibility index (Phi) is 5.77. The minimum absolute atomic E-state index is 0.501. The van der Waals surface area contributed by atoms with Crippen LogP contribution >= 0.6 is 0 Å². The number of nitrogens with zero attached hydrogens (tertiary/aromatic N) is 5. The van der Waals surface area contributed by atoms with E-state index in [1.807, 2.05) is 0 Å². The topological polar surface area (TPSA) is 46.0 Å². The van der Waals surface area contributed by atoms with Crippen molar-refractivity contribution in [3.05, 3.63) is 59.7 Å². The third-order valence-electron chi connectivity index (χ3n) is 7.29. The van der Waals surface area contributed by atoms with Crippen molar-refractivity contribution in [1.29, 1.82) is 0 Å². The molecule has 178 valence electrons. The van der Waals surface area contributed by atoms with Gasteiger partial charge >= 0.3 is 0 Å². The van der Waals surface area contributed by atoms with E-state index in [0.717, 1.165) is 82.0 Å². The van der Waals surface area contributed by atoms with Gasteiger partial charge in [-0.05, 0) is 54.9 Å². The van der Waals surface area contributed by atoms with E-state index in [2.05, 4.69) is 75.8 Å². The highest BCUT2D eigenvalue weighted by atomic mass is 16.5. The third-order valence-corrected chi connectivity index (χ3v) is 7.29. The molecule has 2 aromatic carbocycles. The van der Waals surface area contributed by atoms with Crippen LogP contribution in [0.3, 0.4) is 0 Å². The number of likely N-dealkylation sites (N-methyl/N-ethyl adjacent to an activating group) is 1. The van der Waals surface area contributed by atoms with Gasteiger partial charge < -0.3 is 19.3 Å². The number of anilines is 1. The van der Waals surface area contributed by atoms with E-state index in [1.54, 1.807) is 0 Å². The zero-order valence-electron chi connectivity index (χ0n) is 20.2. The molecule has 3 aliphatic heterocycles. The number of benzene rings is 2. The largest absolute Gasteiger partial charge is 0.483 e. The molecule has 0 bridgehead atoms. The van der Waals surface area contributed by atoms with Gasteiger partial charge in [0.05, 0.1) is 24.6 Å². The standard InChI is InChI=1S/C27H33N5O2/c1-20-15-25-26(34-19-27-28-22(18-32(25)27)17-30-11-13-33-14-12-30)16-24(20)21-3-5-23(6-4-21)31-9-7-29(2)8-10-31/h3-6,15-16,18H,7-14,17,19H2,1-2H3. The van der Waals surface area contributed by atoms with Crippen LogP contribution < -0.4 is 9.64 Å². The van der Waals surface area contributed by atoms with Crippen molar-refractivity contribution < 1.29 is 9.47 Å². The number of fused-ring (bicyclic) bond motifs is 3. The van der Waals surface area contributed by atoms with E-state index in [4.69, 9.17) is 14.5 Å². The van der Waals surface area contributed by atoms with Crippen molar-refractivity contribution in [2.45, 2.75) is 20.1 Å². The van der Waals surface area contributed by atoms with Crippen LogP contribution in [-0.2, 0) is 17.9 Å². The number of hydrogen-bond donors (Lipinski definition) is 0. The van der Waals surface area contributed by atoms with E-state index < -0.39 is 0 Å². The Bertz CT molecular complexity index is 1160. The van der Waals surface area contributed by atoms with Gasteiger partial charge in [0.25, 0.3) is 0 Å². The zero-order valence-corrected chi connectivity index (χ0v) is 20.2. The van der Waals surface area contributed by atoms with Crippen LogP contribution in [0.5, 0.6) is 5.75 Å². The smallest absolute Gasteiger partial charge is 0.151 e. The maximum Gasteiger partial charge on any atom is 0.151 e. The summed E-state index contributed by atoms with van der Waals surface area (Å²) in [5.74, 6) is 1.89. The predicted molar refractivity (Wildman–Crippen MR) is 134 cm³/mol. The fourth-order valence-corrected chi connectivity index (χ4v) is 5.19. The average Bonchev–Trinajstić information content (AvgIpc) is 3.28. The molecule has 7 nitrogen and oxygen atoms in total. The summed E-state index contributed by atoms with van der Waals surface area (Å²) in [4.78, 5) is 12.1. The second kappa shape index (κ2) is 9.06. The summed E-state index contributed by atoms with van der Waals surface area (Å²) in [5.41, 5.74) is 7.17. The summed E-state index contributed by atoms with van der Waals surface area (Å²) >= 11 is 0. The predicted octanol–water partition coefficient (Wildman–Crippen LogP) is 3.32. The maximum absolute atomic E-state index is 6.17. The van der Waals surface area contributed by atoms with Crippen LogP contribution in [0.4, 0.5) is 5.69 Å². The lowest BCUT2D eigenvalue weighted by Crippen LogP contribution is -2.44. The molecule has 2 saturated heterocycles. The first-order chi connectivity index (χ1) is 16.6. The molecule has 0 aliphatic carbocycles. The maximum atomic E-state index is 6.17. The zero-order chi connectivity index (χ0) is 23.1. The minimum atomic E-state index is 0.501. The molecule has 3 aliphatic rings. The first-order valence-electron chi connectivity index (χ1n) is 12.3. The van der Waals surface area contributed by atoms with E-state index >= 15 is 0 Å². The second-order valence-corrected chi connectivity index (χ2v) is 9.67. The Morgan fingerprint density at radius 2 is 1.71 bits per heavy atom. The van der Waals surface area contributed by atoms with Gasteiger partial charge in [0.2, 0.25) is 0 Å². The number of hydrogen-bond acceptors (Lipinski definition) is 6. The van der Waals surface area contributed by atoms with Crippen LogP contribution in [0, 0.1) is 6.92 Å². The van der Waals surface area contributed by atoms with Gasteiger partial charge in [-0.1, -0.05) is 12.1 Å². The molecule has 0 saturated carbocycles. The van der Waals surface area contributed by atoms with Gasteiger partial charge in [0.1, 0.15) is 12.4 Å². The van der Waals surface area contributed by atoms with Crippen LogP contribution in [0.25, 0.3) is 16.8 Å². The number of ether oxygens (including phenoxy) is 2. The monoisotopic (exact) mass is 459 g/mol. The number of piperazine rings is 1. The molecule has 34 heavy (non-hydrogen) atoms. The SMILES string of the molecule is Cc1cc2c(cc1-c1ccc(N3CCN(C)CC3)cc1)OCc1nc(CN3CCOCC3)cn1-2. The van der Waals surface area contributed by atoms with Crippen LogP contribution in [0.15, 0.2) is 42.6 Å². The normalized spacial score (nSPS) is 18.9. The lowest BCUT2D eigenvalue weighted by atomic mass is 9.98. The number of rotatable bonds is 4. The molecule has 0 unspecified atom stereocenters. The summed E-state index contributed by atoms with van der Waals surface area (Å²) < 4.78 is 13.9. The molecule has 3 aromatic rings. The molecule has 6 rings (SSSR count). The van der Waals surface area contributed by atoms with Crippen molar-refractivity contribution in [3.63, 3.8) is 0 Å². The fourth-order valence-electron chi connectivity index (χ4n) is 5.19. The Morgan fingerprint density at radius 1 is 0.941 bits per heavy atom. The van der Waals surface area contributed by atoms with Gasteiger partial charge in [0, 0.05) is 57.7 Å². The number of aryl methyl sites for hydroxylation is 1. The minimum Gasteiger partial charge on any atom is -0.483 e. The molecule has 0 radical (unpaired) electrons. The summed E-state index contributed by atoms with van der Waals surface area (Å²) in [7, 11) is 2.19. The van der Waals surface area contributed by atoms with Crippen LogP contribution in [0.1, 0.15) is 17.1 Å². The van der Waals surface area contributed by atoms with Gasteiger partial charge in [-0.3, -0.25) is 9.47 Å². The Balaban J connectivity index is 1.24. The Labute approximate surface area is 201 Å². The first-order valence-corrected chi connectivity index (χ1v) is 12.3. The third kappa shape index (κ3) is 4.19. The quantitative estimate of drug-likeness (QED) is 0.597. The highest BCUT2D eigenvalue weighted by Gasteiger charge is 2.23. The van der Waals surface area contributed by atoms with Gasteiger partial charge in [0.15, 0.2) is 5.82 Å². The van der Waals surface area contributed by atoms with E-state index in [1.165, 1.54) is 22.4 Å². The lowest BCUT2D eigenvalue weighted by molar-refractivity contribution is 0.0337. The number of imidazole rings is 1. The highest BCUT2D eigenvalue weighted by Crippen LogP contribution is 2.37. The average molecular weight is 460 g/mol. The molecule has 0 spiro atoms. The number of morpholine rings is 1. The van der Waals surface area contributed by atoms with E-state index in [0.29, 0.717) is 6.61 Å². The molecule has 4 heterocycles. The van der Waals surface area contributed by atoms with Crippen molar-refractivity contribution >= 4 is 5.69 Å².